The van der Waals surface area contributed by atoms with E-state index in [1.54, 1.807) is 11.4 Å². The van der Waals surface area contributed by atoms with Gasteiger partial charge in [-0.05, 0) is 0 Å². The number of hydrogen-bond donors (Lipinski definition) is 3. The normalized spacial score (nSPS) is 15.4. The van der Waals surface area contributed by atoms with Crippen molar-refractivity contribution in [3.05, 3.63) is 18.2 Å². The Morgan fingerprint density at radius 3 is 2.83 bits per heavy atom. The van der Waals surface area contributed by atoms with Gasteiger partial charge >= 0.3 is 0 Å². The molecule has 1 aliphatic rings. The third kappa shape index (κ3) is 3.21. The van der Waals surface area contributed by atoms with Crippen molar-refractivity contribution in [3.63, 3.8) is 0 Å². The quantitative estimate of drug-likeness (QED) is 0.267. The molecule has 12 heavy (non-hydrogen) atoms. The molecule has 0 spiro atoms. The summed E-state index contributed by atoms with van der Waals surface area (Å²) in [4.78, 5) is 1.79. The van der Waals surface area contributed by atoms with E-state index in [0.29, 0.717) is 0 Å². The molecular formula is C7H13N4Y-. The smallest absolute Gasteiger partial charge is 0.188 e. The molecule has 65 valence electrons. The molecule has 1 aliphatic heterocycles. The maximum atomic E-state index is 7.14. The largest absolute Gasteiger partial charge is 0.483 e. The summed E-state index contributed by atoms with van der Waals surface area (Å²) in [6.45, 7) is 3.12. The molecule has 5 heteroatoms. The van der Waals surface area contributed by atoms with Gasteiger partial charge < -0.3 is 16.4 Å². The first-order valence-electron chi connectivity index (χ1n) is 3.54. The van der Waals surface area contributed by atoms with Crippen molar-refractivity contribution in [1.82, 2.24) is 4.90 Å². The minimum atomic E-state index is 0. The Balaban J connectivity index is 0.00000121. The Labute approximate surface area is 97.7 Å². The first-order valence-corrected chi connectivity index (χ1v) is 3.54. The van der Waals surface area contributed by atoms with Crippen LogP contribution in [0.2, 0.25) is 0 Å². The number of nitrogens with zero attached hydrogens (tertiary/aromatic N) is 1. The van der Waals surface area contributed by atoms with E-state index < -0.39 is 0 Å². The molecule has 0 atom stereocenters. The molecule has 0 saturated heterocycles. The number of nitrogens with one attached hydrogen (secondary N) is 1. The van der Waals surface area contributed by atoms with Gasteiger partial charge in [-0.25, -0.2) is 0 Å². The summed E-state index contributed by atoms with van der Waals surface area (Å²) in [6.07, 6.45) is 2.86. The fourth-order valence-corrected chi connectivity index (χ4v) is 1.10. The molecule has 0 aliphatic carbocycles. The van der Waals surface area contributed by atoms with Crippen LogP contribution in [0.4, 0.5) is 0 Å². The molecule has 0 bridgehead atoms. The van der Waals surface area contributed by atoms with E-state index >= 15 is 0 Å². The van der Waals surface area contributed by atoms with E-state index in [9.17, 15) is 0 Å². The minimum Gasteiger partial charge on any atom is -0.483 e. The maximum absolute atomic E-state index is 7.14. The molecule has 0 saturated carbocycles. The van der Waals surface area contributed by atoms with Crippen LogP contribution in [-0.4, -0.2) is 23.9 Å². The number of guanidine groups is 1. The van der Waals surface area contributed by atoms with Crippen LogP contribution in [0.1, 0.15) is 6.42 Å². The van der Waals surface area contributed by atoms with Crippen molar-refractivity contribution in [2.75, 3.05) is 13.1 Å². The zero-order valence-corrected chi connectivity index (χ0v) is 9.79. The second-order valence-corrected chi connectivity index (χ2v) is 2.57. The van der Waals surface area contributed by atoms with Gasteiger partial charge in [0.1, 0.15) is 0 Å². The van der Waals surface area contributed by atoms with Crippen molar-refractivity contribution in [1.29, 1.82) is 5.41 Å². The molecule has 1 heterocycles. The summed E-state index contributed by atoms with van der Waals surface area (Å²) in [5, 5.41) is 7.14. The molecule has 4 nitrogen and oxygen atoms in total. The first kappa shape index (κ1) is 12.1. The predicted molar refractivity (Wildman–Crippen MR) is 44.7 cm³/mol. The van der Waals surface area contributed by atoms with Gasteiger partial charge in [-0.3, -0.25) is 12.0 Å². The van der Waals surface area contributed by atoms with Gasteiger partial charge in [0.05, 0.1) is 0 Å². The molecule has 0 aromatic heterocycles. The van der Waals surface area contributed by atoms with Crippen molar-refractivity contribution >= 4 is 5.96 Å². The first-order chi connectivity index (χ1) is 5.24. The van der Waals surface area contributed by atoms with E-state index in [-0.39, 0.29) is 38.7 Å². The average molecular weight is 242 g/mol. The molecule has 0 amide bonds. The molecular weight excluding hydrogens is 229 g/mol. The summed E-state index contributed by atoms with van der Waals surface area (Å²) >= 11 is 0. The van der Waals surface area contributed by atoms with Gasteiger partial charge in [0.25, 0.3) is 0 Å². The van der Waals surface area contributed by atoms with Crippen molar-refractivity contribution < 1.29 is 32.7 Å². The Morgan fingerprint density at radius 1 is 1.75 bits per heavy atom. The third-order valence-corrected chi connectivity index (χ3v) is 1.72. The summed E-state index contributed by atoms with van der Waals surface area (Å²) < 4.78 is 0. The summed E-state index contributed by atoms with van der Waals surface area (Å²) in [5.41, 5.74) is 11.8. The van der Waals surface area contributed by atoms with E-state index in [1.807, 2.05) is 0 Å². The Hall–Kier alpha value is 0.0739. The third-order valence-electron chi connectivity index (χ3n) is 1.72. The fraction of sp³-hybridized carbons (Fsp3) is 0.429. The van der Waals surface area contributed by atoms with E-state index in [1.165, 1.54) is 5.57 Å². The van der Waals surface area contributed by atoms with Gasteiger partial charge in [0.2, 0.25) is 0 Å². The summed E-state index contributed by atoms with van der Waals surface area (Å²) in [6, 6.07) is 0. The number of rotatable bonds is 2. The SMILES string of the molecule is N=C(N)N1CC=C(C[CH-]N)C1.[Y]. The monoisotopic (exact) mass is 242 g/mol. The topological polar surface area (TPSA) is 79.1 Å². The van der Waals surface area contributed by atoms with Crippen LogP contribution in [0.5, 0.6) is 0 Å². The Bertz CT molecular complexity index is 190. The Morgan fingerprint density at radius 2 is 2.42 bits per heavy atom. The van der Waals surface area contributed by atoms with Crippen molar-refractivity contribution in [3.8, 4) is 0 Å². The second-order valence-electron chi connectivity index (χ2n) is 2.57. The zero-order valence-electron chi connectivity index (χ0n) is 6.96. The second kappa shape index (κ2) is 5.67. The summed E-state index contributed by atoms with van der Waals surface area (Å²) in [5.74, 6) is 0.133. The fourth-order valence-electron chi connectivity index (χ4n) is 1.10. The summed E-state index contributed by atoms with van der Waals surface area (Å²) in [7, 11) is 0. The number of nitrogens with two attached hydrogens (primary N) is 2. The van der Waals surface area contributed by atoms with E-state index in [4.69, 9.17) is 16.9 Å². The molecule has 0 aromatic carbocycles. The molecule has 1 radical (unpaired) electrons. The molecule has 0 unspecified atom stereocenters. The molecule has 5 N–H and O–H groups in total. The average Bonchev–Trinajstić information content (AvgIpc) is 2.37. The van der Waals surface area contributed by atoms with Crippen LogP contribution >= 0.6 is 0 Å². The van der Waals surface area contributed by atoms with Crippen molar-refractivity contribution in [2.24, 2.45) is 11.5 Å². The van der Waals surface area contributed by atoms with Crippen LogP contribution in [0, 0.1) is 12.0 Å². The van der Waals surface area contributed by atoms with Gasteiger partial charge in [-0.15, -0.1) is 6.42 Å². The van der Waals surface area contributed by atoms with Gasteiger partial charge in [0.15, 0.2) is 5.96 Å². The minimum absolute atomic E-state index is 0. The molecule has 0 aromatic rings. The van der Waals surface area contributed by atoms with Crippen LogP contribution < -0.4 is 11.5 Å². The van der Waals surface area contributed by atoms with Crippen molar-refractivity contribution in [2.45, 2.75) is 6.42 Å². The molecule has 1 rings (SSSR count). The zero-order chi connectivity index (χ0) is 8.27. The van der Waals surface area contributed by atoms with Crippen LogP contribution in [-0.2, 0) is 32.7 Å². The standard InChI is InChI=1S/C7H13N4.Y/c8-3-1-6-2-4-11(5-6)7(9)10;/h2-3H,1,4-5,8H2,(H3,9,10);/q-1;. The molecule has 0 fully saturated rings. The van der Waals surface area contributed by atoms with Gasteiger partial charge in [0, 0.05) is 45.8 Å². The predicted octanol–water partition coefficient (Wildman–Crippen LogP) is -0.370. The maximum Gasteiger partial charge on any atom is 0.188 e. The van der Waals surface area contributed by atoms with Crippen LogP contribution in [0.3, 0.4) is 0 Å². The van der Waals surface area contributed by atoms with E-state index in [2.05, 4.69) is 6.08 Å². The van der Waals surface area contributed by atoms with Crippen LogP contribution in [0.25, 0.3) is 0 Å². The number of hydrogen-bond acceptors (Lipinski definition) is 2. The van der Waals surface area contributed by atoms with Gasteiger partial charge in [-0.1, -0.05) is 11.6 Å². The van der Waals surface area contributed by atoms with Crippen LogP contribution in [0.15, 0.2) is 11.6 Å². The van der Waals surface area contributed by atoms with Gasteiger partial charge in [-0.2, -0.15) is 0 Å². The Kier molecular flexibility index (Phi) is 5.71. The van der Waals surface area contributed by atoms with E-state index in [0.717, 1.165) is 19.5 Å².